The summed E-state index contributed by atoms with van der Waals surface area (Å²) in [5.41, 5.74) is 0.637. The van der Waals surface area contributed by atoms with Gasteiger partial charge in [-0.25, -0.2) is 0 Å². The Morgan fingerprint density at radius 3 is 2.58 bits per heavy atom. The van der Waals surface area contributed by atoms with Crippen LogP contribution in [0.25, 0.3) is 0 Å². The van der Waals surface area contributed by atoms with Crippen molar-refractivity contribution in [2.45, 2.75) is 64.3 Å². The van der Waals surface area contributed by atoms with Gasteiger partial charge in [-0.1, -0.05) is 19.3 Å². The highest BCUT2D eigenvalue weighted by atomic mass is 127. The standard InChI is InChI=1S/C15H27N3.HI/c1-2-16-14(17-13-6-7-13)18-11-10-15(12-18)8-4-3-5-9-15;/h13H,2-12H2,1H3,(H,16,17);1H. The molecule has 0 unspecified atom stereocenters. The van der Waals surface area contributed by atoms with Crippen molar-refractivity contribution in [3.8, 4) is 0 Å². The number of halogens is 1. The highest BCUT2D eigenvalue weighted by Gasteiger charge is 2.40. The van der Waals surface area contributed by atoms with Gasteiger partial charge in [0.25, 0.3) is 0 Å². The van der Waals surface area contributed by atoms with E-state index >= 15 is 0 Å². The van der Waals surface area contributed by atoms with Gasteiger partial charge in [0.15, 0.2) is 5.96 Å². The molecular weight excluding hydrogens is 349 g/mol. The molecule has 0 aromatic heterocycles. The number of nitrogens with one attached hydrogen (secondary N) is 1. The summed E-state index contributed by atoms with van der Waals surface area (Å²) in [6, 6.07) is 0.721. The van der Waals surface area contributed by atoms with Crippen molar-refractivity contribution in [3.63, 3.8) is 0 Å². The van der Waals surface area contributed by atoms with Crippen molar-refractivity contribution < 1.29 is 0 Å². The molecule has 2 saturated carbocycles. The molecule has 1 spiro atoms. The van der Waals surface area contributed by atoms with Gasteiger partial charge < -0.3 is 10.2 Å². The van der Waals surface area contributed by atoms with Gasteiger partial charge >= 0.3 is 0 Å². The second-order valence-corrected chi connectivity index (χ2v) is 6.45. The molecule has 3 rings (SSSR count). The van der Waals surface area contributed by atoms with Crippen LogP contribution in [0.1, 0.15) is 58.3 Å². The third-order valence-corrected chi connectivity index (χ3v) is 4.87. The topological polar surface area (TPSA) is 27.6 Å². The minimum atomic E-state index is 0. The van der Waals surface area contributed by atoms with E-state index in [2.05, 4.69) is 17.1 Å². The molecule has 110 valence electrons. The van der Waals surface area contributed by atoms with Crippen LogP contribution in [0.3, 0.4) is 0 Å². The lowest BCUT2D eigenvalue weighted by Gasteiger charge is -2.33. The molecule has 3 nitrogen and oxygen atoms in total. The Kier molecular flexibility index (Phi) is 5.37. The van der Waals surface area contributed by atoms with Crippen LogP contribution in [0.4, 0.5) is 0 Å². The maximum Gasteiger partial charge on any atom is 0.194 e. The van der Waals surface area contributed by atoms with Gasteiger partial charge in [-0.05, 0) is 44.4 Å². The minimum absolute atomic E-state index is 0. The molecule has 0 aromatic carbocycles. The number of rotatable bonds is 2. The van der Waals surface area contributed by atoms with E-state index in [9.17, 15) is 0 Å². The average Bonchev–Trinajstić information content (AvgIpc) is 3.12. The molecule has 1 aliphatic heterocycles. The van der Waals surface area contributed by atoms with Gasteiger partial charge in [0.1, 0.15) is 0 Å². The number of aliphatic imine (C=N–C) groups is 1. The van der Waals surface area contributed by atoms with Gasteiger partial charge in [-0.15, -0.1) is 24.0 Å². The number of guanidine groups is 1. The minimum Gasteiger partial charge on any atom is -0.354 e. The van der Waals surface area contributed by atoms with E-state index in [1.54, 1.807) is 0 Å². The Labute approximate surface area is 134 Å². The first-order valence-corrected chi connectivity index (χ1v) is 7.87. The Balaban J connectivity index is 0.00000133. The quantitative estimate of drug-likeness (QED) is 0.454. The fraction of sp³-hybridized carbons (Fsp3) is 0.933. The average molecular weight is 377 g/mol. The predicted molar refractivity (Wildman–Crippen MR) is 91.3 cm³/mol. The highest BCUT2D eigenvalue weighted by Crippen LogP contribution is 2.43. The summed E-state index contributed by atoms with van der Waals surface area (Å²) < 4.78 is 0. The fourth-order valence-corrected chi connectivity index (χ4v) is 3.62. The third-order valence-electron chi connectivity index (χ3n) is 4.87. The fourth-order valence-electron chi connectivity index (χ4n) is 3.62. The van der Waals surface area contributed by atoms with E-state index in [1.165, 1.54) is 70.4 Å². The number of nitrogens with zero attached hydrogens (tertiary/aromatic N) is 2. The first-order chi connectivity index (χ1) is 8.81. The van der Waals surface area contributed by atoms with E-state index in [4.69, 9.17) is 4.99 Å². The van der Waals surface area contributed by atoms with Gasteiger partial charge in [-0.2, -0.15) is 0 Å². The SMILES string of the molecule is CCN=C(NC1CC1)N1CCC2(CCCCC2)C1.I. The maximum absolute atomic E-state index is 4.70. The lowest BCUT2D eigenvalue weighted by atomic mass is 9.73. The Morgan fingerprint density at radius 1 is 1.21 bits per heavy atom. The second kappa shape index (κ2) is 6.64. The number of hydrogen-bond acceptors (Lipinski definition) is 1. The second-order valence-electron chi connectivity index (χ2n) is 6.45. The van der Waals surface area contributed by atoms with E-state index < -0.39 is 0 Å². The summed E-state index contributed by atoms with van der Waals surface area (Å²) in [4.78, 5) is 7.23. The van der Waals surface area contributed by atoms with E-state index in [1.807, 2.05) is 0 Å². The molecule has 0 radical (unpaired) electrons. The van der Waals surface area contributed by atoms with Crippen LogP contribution in [-0.2, 0) is 0 Å². The largest absolute Gasteiger partial charge is 0.354 e. The van der Waals surface area contributed by atoms with Crippen molar-refractivity contribution in [1.82, 2.24) is 10.2 Å². The molecule has 0 aromatic rings. The van der Waals surface area contributed by atoms with Crippen LogP contribution in [0.5, 0.6) is 0 Å². The van der Waals surface area contributed by atoms with Crippen molar-refractivity contribution in [1.29, 1.82) is 0 Å². The molecule has 1 N–H and O–H groups in total. The zero-order valence-electron chi connectivity index (χ0n) is 12.2. The Hall–Kier alpha value is 0. The third kappa shape index (κ3) is 3.76. The van der Waals surface area contributed by atoms with Gasteiger partial charge in [-0.3, -0.25) is 4.99 Å². The molecule has 19 heavy (non-hydrogen) atoms. The first kappa shape index (κ1) is 15.4. The smallest absolute Gasteiger partial charge is 0.194 e. The van der Waals surface area contributed by atoms with Crippen molar-refractivity contribution in [2.24, 2.45) is 10.4 Å². The summed E-state index contributed by atoms with van der Waals surface area (Å²) in [6.45, 7) is 5.52. The predicted octanol–water partition coefficient (Wildman–Crippen LogP) is 3.39. The van der Waals surface area contributed by atoms with E-state index in [0.717, 1.165) is 12.6 Å². The molecule has 0 bridgehead atoms. The van der Waals surface area contributed by atoms with E-state index in [-0.39, 0.29) is 24.0 Å². The van der Waals surface area contributed by atoms with Crippen molar-refractivity contribution in [3.05, 3.63) is 0 Å². The molecule has 4 heteroatoms. The van der Waals surface area contributed by atoms with Gasteiger partial charge in [0.2, 0.25) is 0 Å². The van der Waals surface area contributed by atoms with Crippen LogP contribution in [0.15, 0.2) is 4.99 Å². The Bertz CT molecular complexity index is 319. The molecule has 0 atom stereocenters. The highest BCUT2D eigenvalue weighted by molar-refractivity contribution is 14.0. The zero-order chi connectivity index (χ0) is 12.4. The van der Waals surface area contributed by atoms with Crippen molar-refractivity contribution >= 4 is 29.9 Å². The molecule has 3 fully saturated rings. The molecular formula is C15H28IN3. The van der Waals surface area contributed by atoms with Gasteiger partial charge in [0.05, 0.1) is 0 Å². The number of likely N-dealkylation sites (tertiary alicyclic amines) is 1. The van der Waals surface area contributed by atoms with Crippen molar-refractivity contribution in [2.75, 3.05) is 19.6 Å². The van der Waals surface area contributed by atoms with E-state index in [0.29, 0.717) is 5.41 Å². The Morgan fingerprint density at radius 2 is 1.95 bits per heavy atom. The van der Waals surface area contributed by atoms with Crippen LogP contribution < -0.4 is 5.32 Å². The summed E-state index contributed by atoms with van der Waals surface area (Å²) >= 11 is 0. The monoisotopic (exact) mass is 377 g/mol. The summed E-state index contributed by atoms with van der Waals surface area (Å²) in [6.07, 6.45) is 11.3. The van der Waals surface area contributed by atoms with Crippen LogP contribution in [0.2, 0.25) is 0 Å². The van der Waals surface area contributed by atoms with Crippen LogP contribution in [0, 0.1) is 5.41 Å². The van der Waals surface area contributed by atoms with Crippen LogP contribution in [-0.4, -0.2) is 36.5 Å². The zero-order valence-corrected chi connectivity index (χ0v) is 14.5. The summed E-state index contributed by atoms with van der Waals surface area (Å²) in [5, 5.41) is 3.63. The van der Waals surface area contributed by atoms with Crippen LogP contribution >= 0.6 is 24.0 Å². The maximum atomic E-state index is 4.70. The number of hydrogen-bond donors (Lipinski definition) is 1. The molecule has 3 aliphatic rings. The van der Waals surface area contributed by atoms with Gasteiger partial charge in [0, 0.05) is 25.7 Å². The lowest BCUT2D eigenvalue weighted by Crippen LogP contribution is -2.42. The molecule has 1 saturated heterocycles. The summed E-state index contributed by atoms with van der Waals surface area (Å²) in [7, 11) is 0. The lowest BCUT2D eigenvalue weighted by molar-refractivity contribution is 0.203. The normalized spacial score (nSPS) is 26.4. The molecule has 0 amide bonds. The molecule has 1 heterocycles. The summed E-state index contributed by atoms with van der Waals surface area (Å²) in [5.74, 6) is 1.20. The molecule has 2 aliphatic carbocycles. The first-order valence-electron chi connectivity index (χ1n) is 7.87.